The maximum atomic E-state index is 10.9. The Hall–Kier alpha value is -1.85. The molecule has 2 aromatic rings. The summed E-state index contributed by atoms with van der Waals surface area (Å²) in [5.74, 6) is -1.07. The zero-order chi connectivity index (χ0) is 14.9. The lowest BCUT2D eigenvalue weighted by Gasteiger charge is -2.40. The molecule has 0 unspecified atom stereocenters. The Bertz CT molecular complexity index is 652. The van der Waals surface area contributed by atoms with Crippen molar-refractivity contribution in [3.8, 4) is 0 Å². The van der Waals surface area contributed by atoms with Crippen LogP contribution in [0.1, 0.15) is 35.4 Å². The van der Waals surface area contributed by atoms with Gasteiger partial charge in [-0.3, -0.25) is 0 Å². The second kappa shape index (κ2) is 5.50. The number of hydrogen-bond donors (Lipinski definition) is 2. The summed E-state index contributed by atoms with van der Waals surface area (Å²) < 4.78 is 10.8. The quantitative estimate of drug-likeness (QED) is 0.855. The largest absolute Gasteiger partial charge is 0.475 e. The van der Waals surface area contributed by atoms with Crippen LogP contribution < -0.4 is 5.32 Å². The van der Waals surface area contributed by atoms with Gasteiger partial charge in [0.1, 0.15) is 5.58 Å². The van der Waals surface area contributed by atoms with E-state index >= 15 is 0 Å². The van der Waals surface area contributed by atoms with Crippen molar-refractivity contribution in [1.82, 2.24) is 5.32 Å². The molecular weight excluding hydrogens is 270 g/mol. The second-order valence-corrected chi connectivity index (χ2v) is 5.63. The van der Waals surface area contributed by atoms with Crippen molar-refractivity contribution < 1.29 is 19.1 Å². The van der Waals surface area contributed by atoms with Crippen LogP contribution in [0.2, 0.25) is 0 Å². The molecule has 1 fully saturated rings. The Morgan fingerprint density at radius 3 is 2.86 bits per heavy atom. The fourth-order valence-electron chi connectivity index (χ4n) is 2.77. The average molecular weight is 289 g/mol. The molecule has 1 aliphatic rings. The number of aromatic carboxylic acids is 1. The highest BCUT2D eigenvalue weighted by molar-refractivity contribution is 5.91. The minimum absolute atomic E-state index is 0.0101. The maximum absolute atomic E-state index is 10.9. The smallest absolute Gasteiger partial charge is 0.371 e. The van der Waals surface area contributed by atoms with Gasteiger partial charge in [0.15, 0.2) is 0 Å². The van der Waals surface area contributed by atoms with Gasteiger partial charge in [-0.15, -0.1) is 0 Å². The Morgan fingerprint density at radius 2 is 2.24 bits per heavy atom. The number of ether oxygens (including phenoxy) is 1. The predicted molar refractivity (Wildman–Crippen MR) is 78.5 cm³/mol. The summed E-state index contributed by atoms with van der Waals surface area (Å²) in [5.41, 5.74) is 1.71. The molecule has 5 nitrogen and oxygen atoms in total. The van der Waals surface area contributed by atoms with E-state index in [-0.39, 0.29) is 11.4 Å². The van der Waals surface area contributed by atoms with E-state index in [1.54, 1.807) is 13.2 Å². The molecule has 1 saturated carbocycles. The van der Waals surface area contributed by atoms with Gasteiger partial charge in [0, 0.05) is 25.6 Å². The van der Waals surface area contributed by atoms with Crippen LogP contribution in [-0.2, 0) is 11.3 Å². The zero-order valence-electron chi connectivity index (χ0n) is 12.0. The van der Waals surface area contributed by atoms with Gasteiger partial charge in [0.2, 0.25) is 5.76 Å². The topological polar surface area (TPSA) is 71.7 Å². The molecule has 0 bridgehead atoms. The second-order valence-electron chi connectivity index (χ2n) is 5.63. The van der Waals surface area contributed by atoms with E-state index in [0.29, 0.717) is 5.58 Å². The zero-order valence-corrected chi connectivity index (χ0v) is 12.0. The SMILES string of the molecule is COC1(CNCc2ccc3oc(C(=O)O)cc3c2)CCC1. The first-order chi connectivity index (χ1) is 10.1. The molecule has 112 valence electrons. The van der Waals surface area contributed by atoms with Crippen LogP contribution >= 0.6 is 0 Å². The summed E-state index contributed by atoms with van der Waals surface area (Å²) in [4.78, 5) is 10.9. The lowest BCUT2D eigenvalue weighted by molar-refractivity contribution is -0.0695. The fraction of sp³-hybridized carbons (Fsp3) is 0.438. The van der Waals surface area contributed by atoms with E-state index in [1.807, 2.05) is 18.2 Å². The molecular formula is C16H19NO4. The Kier molecular flexibility index (Phi) is 3.69. The molecule has 0 aliphatic heterocycles. The van der Waals surface area contributed by atoms with E-state index in [9.17, 15) is 4.79 Å². The van der Waals surface area contributed by atoms with Gasteiger partial charge in [0.25, 0.3) is 0 Å². The van der Waals surface area contributed by atoms with Crippen LogP contribution in [0, 0.1) is 0 Å². The molecule has 5 heteroatoms. The van der Waals surface area contributed by atoms with Crippen LogP contribution in [0.3, 0.4) is 0 Å². The Balaban J connectivity index is 1.65. The van der Waals surface area contributed by atoms with Crippen LogP contribution in [-0.4, -0.2) is 30.3 Å². The number of benzene rings is 1. The third-order valence-electron chi connectivity index (χ3n) is 4.27. The average Bonchev–Trinajstić information content (AvgIpc) is 2.85. The van der Waals surface area contributed by atoms with Crippen molar-refractivity contribution >= 4 is 16.9 Å². The Labute approximate surface area is 122 Å². The number of rotatable bonds is 6. The van der Waals surface area contributed by atoms with Gasteiger partial charge in [0.05, 0.1) is 5.60 Å². The van der Waals surface area contributed by atoms with Crippen LogP contribution in [0.5, 0.6) is 0 Å². The summed E-state index contributed by atoms with van der Waals surface area (Å²) in [6, 6.07) is 7.28. The van der Waals surface area contributed by atoms with Crippen LogP contribution in [0.15, 0.2) is 28.7 Å². The number of methoxy groups -OCH3 is 1. The van der Waals surface area contributed by atoms with E-state index < -0.39 is 5.97 Å². The minimum atomic E-state index is -1.04. The summed E-state index contributed by atoms with van der Waals surface area (Å²) in [7, 11) is 1.77. The maximum Gasteiger partial charge on any atom is 0.371 e. The van der Waals surface area contributed by atoms with Crippen molar-refractivity contribution in [2.75, 3.05) is 13.7 Å². The molecule has 0 amide bonds. The molecule has 0 atom stereocenters. The number of hydrogen-bond acceptors (Lipinski definition) is 4. The monoisotopic (exact) mass is 289 g/mol. The standard InChI is InChI=1S/C16H19NO4/c1-20-16(5-2-6-16)10-17-9-11-3-4-13-12(7-11)8-14(21-13)15(18)19/h3-4,7-8,17H,2,5-6,9-10H2,1H3,(H,18,19). The van der Waals surface area contributed by atoms with Crippen molar-refractivity contribution in [3.05, 3.63) is 35.6 Å². The highest BCUT2D eigenvalue weighted by Crippen LogP contribution is 2.34. The molecule has 21 heavy (non-hydrogen) atoms. The minimum Gasteiger partial charge on any atom is -0.475 e. The number of furan rings is 1. The number of fused-ring (bicyclic) bond motifs is 1. The van der Waals surface area contributed by atoms with E-state index in [2.05, 4.69) is 5.32 Å². The third kappa shape index (κ3) is 2.80. The molecule has 2 N–H and O–H groups in total. The molecule has 0 spiro atoms. The number of carbonyl (C=O) groups is 1. The summed E-state index contributed by atoms with van der Waals surface area (Å²) in [5, 5.41) is 13.2. The molecule has 0 saturated heterocycles. The summed E-state index contributed by atoms with van der Waals surface area (Å²) in [6.07, 6.45) is 3.45. The van der Waals surface area contributed by atoms with E-state index in [1.165, 1.54) is 6.42 Å². The molecule has 1 aliphatic carbocycles. The van der Waals surface area contributed by atoms with Gasteiger partial charge in [-0.25, -0.2) is 4.79 Å². The first kappa shape index (κ1) is 14.1. The van der Waals surface area contributed by atoms with Gasteiger partial charge in [-0.05, 0) is 43.0 Å². The summed E-state index contributed by atoms with van der Waals surface area (Å²) >= 11 is 0. The molecule has 1 aromatic heterocycles. The van der Waals surface area contributed by atoms with Gasteiger partial charge in [-0.2, -0.15) is 0 Å². The van der Waals surface area contributed by atoms with Crippen LogP contribution in [0.4, 0.5) is 0 Å². The fourth-order valence-corrected chi connectivity index (χ4v) is 2.77. The van der Waals surface area contributed by atoms with Gasteiger partial charge in [-0.1, -0.05) is 6.07 Å². The molecule has 0 radical (unpaired) electrons. The lowest BCUT2D eigenvalue weighted by Crippen LogP contribution is -2.47. The molecule has 3 rings (SSSR count). The van der Waals surface area contributed by atoms with E-state index in [0.717, 1.165) is 36.9 Å². The number of carboxylic acids is 1. The Morgan fingerprint density at radius 1 is 1.43 bits per heavy atom. The number of nitrogens with one attached hydrogen (secondary N) is 1. The normalized spacial score (nSPS) is 16.8. The molecule has 1 heterocycles. The van der Waals surface area contributed by atoms with Crippen molar-refractivity contribution in [2.45, 2.75) is 31.4 Å². The number of carboxylic acid groups (broad SMARTS) is 1. The van der Waals surface area contributed by atoms with Crippen molar-refractivity contribution in [3.63, 3.8) is 0 Å². The van der Waals surface area contributed by atoms with Gasteiger partial charge >= 0.3 is 5.97 Å². The third-order valence-corrected chi connectivity index (χ3v) is 4.27. The summed E-state index contributed by atoms with van der Waals surface area (Å²) in [6.45, 7) is 1.57. The van der Waals surface area contributed by atoms with Crippen molar-refractivity contribution in [2.24, 2.45) is 0 Å². The highest BCUT2D eigenvalue weighted by Gasteiger charge is 2.36. The van der Waals surface area contributed by atoms with Gasteiger partial charge < -0.3 is 19.6 Å². The molecule has 1 aromatic carbocycles. The van der Waals surface area contributed by atoms with E-state index in [4.69, 9.17) is 14.3 Å². The lowest BCUT2D eigenvalue weighted by atomic mass is 9.80. The predicted octanol–water partition coefficient (Wildman–Crippen LogP) is 2.79. The van der Waals surface area contributed by atoms with Crippen LogP contribution in [0.25, 0.3) is 11.0 Å². The first-order valence-electron chi connectivity index (χ1n) is 7.14. The van der Waals surface area contributed by atoms with Crippen molar-refractivity contribution in [1.29, 1.82) is 0 Å². The highest BCUT2D eigenvalue weighted by atomic mass is 16.5. The first-order valence-corrected chi connectivity index (χ1v) is 7.14.